The Kier molecular flexibility index (Phi) is 7.36. The van der Waals surface area contributed by atoms with Crippen molar-refractivity contribution < 1.29 is 4.74 Å². The summed E-state index contributed by atoms with van der Waals surface area (Å²) in [5, 5.41) is 0. The Morgan fingerprint density at radius 1 is 0.947 bits per heavy atom. The molecule has 0 radical (unpaired) electrons. The number of nitrogens with zero attached hydrogens (tertiary/aromatic N) is 2. The maximum atomic E-state index is 6.10. The van der Waals surface area contributed by atoms with Crippen molar-refractivity contribution in [2.24, 2.45) is 5.73 Å². The van der Waals surface area contributed by atoms with E-state index in [-0.39, 0.29) is 24.8 Å². The van der Waals surface area contributed by atoms with E-state index in [1.807, 2.05) is 0 Å². The summed E-state index contributed by atoms with van der Waals surface area (Å²) in [6.07, 6.45) is 5.20. The zero-order valence-electron chi connectivity index (χ0n) is 11.5. The first kappa shape index (κ1) is 17.5. The second-order valence-electron chi connectivity index (χ2n) is 5.81. The van der Waals surface area contributed by atoms with E-state index in [1.165, 1.54) is 38.8 Å². The topological polar surface area (TPSA) is 41.7 Å². The Bertz CT molecular complexity index is 250. The van der Waals surface area contributed by atoms with Gasteiger partial charge in [0.2, 0.25) is 0 Å². The van der Waals surface area contributed by atoms with E-state index >= 15 is 0 Å². The molecule has 0 aromatic heterocycles. The van der Waals surface area contributed by atoms with Gasteiger partial charge >= 0.3 is 0 Å². The van der Waals surface area contributed by atoms with Crippen LogP contribution in [0.15, 0.2) is 0 Å². The predicted octanol–water partition coefficient (Wildman–Crippen LogP) is 1.12. The summed E-state index contributed by atoms with van der Waals surface area (Å²) in [6.45, 7) is 6.51. The van der Waals surface area contributed by atoms with Gasteiger partial charge < -0.3 is 10.5 Å². The van der Waals surface area contributed by atoms with E-state index in [2.05, 4.69) is 9.80 Å². The average molecular weight is 312 g/mol. The third-order valence-corrected chi connectivity index (χ3v) is 4.70. The van der Waals surface area contributed by atoms with Gasteiger partial charge in [-0.3, -0.25) is 9.80 Å². The number of halogens is 2. The fourth-order valence-corrected chi connectivity index (χ4v) is 3.76. The Morgan fingerprint density at radius 2 is 1.53 bits per heavy atom. The number of hydrogen-bond donors (Lipinski definition) is 1. The number of ether oxygens (including phenoxy) is 1. The quantitative estimate of drug-likeness (QED) is 0.848. The molecule has 0 amide bonds. The van der Waals surface area contributed by atoms with Crippen molar-refractivity contribution in [1.82, 2.24) is 9.80 Å². The highest BCUT2D eigenvalue weighted by Crippen LogP contribution is 2.34. The number of fused-ring (bicyclic) bond motifs is 2. The molecule has 0 aromatic rings. The highest BCUT2D eigenvalue weighted by atomic mass is 35.5. The van der Waals surface area contributed by atoms with E-state index in [0.29, 0.717) is 6.04 Å². The number of hydrogen-bond acceptors (Lipinski definition) is 4. The Balaban J connectivity index is 0.000000902. The van der Waals surface area contributed by atoms with E-state index in [0.717, 1.165) is 38.4 Å². The summed E-state index contributed by atoms with van der Waals surface area (Å²) in [6, 6.07) is 2.03. The van der Waals surface area contributed by atoms with Crippen molar-refractivity contribution in [1.29, 1.82) is 0 Å². The average Bonchev–Trinajstić information content (AvgIpc) is 2.59. The van der Waals surface area contributed by atoms with Crippen LogP contribution in [-0.4, -0.2) is 67.3 Å². The molecule has 3 atom stereocenters. The Labute approximate surface area is 128 Å². The number of nitrogens with two attached hydrogens (primary N) is 1. The molecule has 3 aliphatic heterocycles. The zero-order valence-corrected chi connectivity index (χ0v) is 13.1. The minimum Gasteiger partial charge on any atom is -0.379 e. The lowest BCUT2D eigenvalue weighted by Gasteiger charge is -2.39. The first-order valence-electron chi connectivity index (χ1n) is 7.14. The summed E-state index contributed by atoms with van der Waals surface area (Å²) in [5.41, 5.74) is 6.10. The number of morpholine rings is 1. The molecule has 0 spiro atoms. The molecule has 2 bridgehead atoms. The third kappa shape index (κ3) is 4.19. The molecule has 3 fully saturated rings. The van der Waals surface area contributed by atoms with Crippen LogP contribution in [0.3, 0.4) is 0 Å². The van der Waals surface area contributed by atoms with Crippen LogP contribution in [0.4, 0.5) is 0 Å². The fourth-order valence-electron chi connectivity index (χ4n) is 3.76. The van der Waals surface area contributed by atoms with Crippen LogP contribution >= 0.6 is 24.8 Å². The number of piperidine rings is 1. The SMILES string of the molecule is Cl.Cl.NC1C[C@H]2CC[C@@H](C1)N2CCN1CCOCC1. The standard InChI is InChI=1S/C13H25N3O.2ClH/c14-11-9-12-1-2-13(10-11)16(12)4-3-15-5-7-17-8-6-15;;/h11-13H,1-10,14H2;2*1H/t11?,12-,13+;;. The van der Waals surface area contributed by atoms with Crippen LogP contribution in [0.2, 0.25) is 0 Å². The van der Waals surface area contributed by atoms with Gasteiger partial charge in [-0.1, -0.05) is 0 Å². The molecule has 6 heteroatoms. The van der Waals surface area contributed by atoms with Gasteiger partial charge in [0.15, 0.2) is 0 Å². The van der Waals surface area contributed by atoms with Crippen LogP contribution in [0.5, 0.6) is 0 Å². The molecule has 0 aliphatic carbocycles. The van der Waals surface area contributed by atoms with Crippen LogP contribution in [0, 0.1) is 0 Å². The molecule has 0 saturated carbocycles. The van der Waals surface area contributed by atoms with Crippen LogP contribution < -0.4 is 5.73 Å². The lowest BCUT2D eigenvalue weighted by atomic mass is 9.98. The minimum absolute atomic E-state index is 0. The molecular weight excluding hydrogens is 285 g/mol. The van der Waals surface area contributed by atoms with Crippen LogP contribution in [0.25, 0.3) is 0 Å². The van der Waals surface area contributed by atoms with Gasteiger partial charge in [-0.05, 0) is 25.7 Å². The van der Waals surface area contributed by atoms with Gasteiger partial charge in [0.05, 0.1) is 13.2 Å². The molecule has 114 valence electrons. The Morgan fingerprint density at radius 3 is 2.11 bits per heavy atom. The van der Waals surface area contributed by atoms with Crippen molar-refractivity contribution in [2.45, 2.75) is 43.8 Å². The minimum atomic E-state index is 0. The lowest BCUT2D eigenvalue weighted by molar-refractivity contribution is 0.0265. The van der Waals surface area contributed by atoms with E-state index in [9.17, 15) is 0 Å². The maximum Gasteiger partial charge on any atom is 0.0594 e. The molecule has 3 aliphatic rings. The summed E-state index contributed by atoms with van der Waals surface area (Å²) in [5.74, 6) is 0. The highest BCUT2D eigenvalue weighted by molar-refractivity contribution is 5.85. The second kappa shape index (κ2) is 8.01. The first-order valence-corrected chi connectivity index (χ1v) is 7.14. The molecule has 3 heterocycles. The van der Waals surface area contributed by atoms with Crippen LogP contribution in [0.1, 0.15) is 25.7 Å². The van der Waals surface area contributed by atoms with E-state index < -0.39 is 0 Å². The highest BCUT2D eigenvalue weighted by Gasteiger charge is 2.39. The van der Waals surface area contributed by atoms with E-state index in [4.69, 9.17) is 10.5 Å². The summed E-state index contributed by atoms with van der Waals surface area (Å²) in [4.78, 5) is 5.27. The lowest BCUT2D eigenvalue weighted by Crippen LogP contribution is -2.50. The van der Waals surface area contributed by atoms with Gasteiger partial charge in [0.25, 0.3) is 0 Å². The monoisotopic (exact) mass is 311 g/mol. The first-order chi connectivity index (χ1) is 8.33. The summed E-state index contributed by atoms with van der Waals surface area (Å²) >= 11 is 0. The van der Waals surface area contributed by atoms with Gasteiger partial charge in [-0.2, -0.15) is 0 Å². The van der Waals surface area contributed by atoms with Gasteiger partial charge in [0.1, 0.15) is 0 Å². The smallest absolute Gasteiger partial charge is 0.0594 e. The van der Waals surface area contributed by atoms with Crippen molar-refractivity contribution in [3.63, 3.8) is 0 Å². The molecular formula is C13H27Cl2N3O. The molecule has 3 saturated heterocycles. The summed E-state index contributed by atoms with van der Waals surface area (Å²) in [7, 11) is 0. The Hall–Kier alpha value is 0.420. The van der Waals surface area contributed by atoms with Crippen molar-refractivity contribution in [3.05, 3.63) is 0 Å². The fraction of sp³-hybridized carbons (Fsp3) is 1.00. The van der Waals surface area contributed by atoms with Gasteiger partial charge in [0, 0.05) is 44.3 Å². The molecule has 0 aromatic carbocycles. The van der Waals surface area contributed by atoms with E-state index in [1.54, 1.807) is 0 Å². The van der Waals surface area contributed by atoms with Crippen molar-refractivity contribution in [2.75, 3.05) is 39.4 Å². The molecule has 2 N–H and O–H groups in total. The largest absolute Gasteiger partial charge is 0.379 e. The maximum absolute atomic E-state index is 6.10. The number of rotatable bonds is 3. The molecule has 19 heavy (non-hydrogen) atoms. The van der Waals surface area contributed by atoms with Crippen LogP contribution in [-0.2, 0) is 4.74 Å². The van der Waals surface area contributed by atoms with Gasteiger partial charge in [-0.25, -0.2) is 0 Å². The van der Waals surface area contributed by atoms with Crippen molar-refractivity contribution in [3.8, 4) is 0 Å². The van der Waals surface area contributed by atoms with Crippen molar-refractivity contribution >= 4 is 24.8 Å². The normalized spacial score (nSPS) is 35.5. The van der Waals surface area contributed by atoms with Gasteiger partial charge in [-0.15, -0.1) is 24.8 Å². The predicted molar refractivity (Wildman–Crippen MR) is 82.5 cm³/mol. The zero-order chi connectivity index (χ0) is 11.7. The second-order valence-corrected chi connectivity index (χ2v) is 5.81. The molecule has 3 rings (SSSR count). The molecule has 4 nitrogen and oxygen atoms in total. The third-order valence-electron chi connectivity index (χ3n) is 4.70. The molecule has 1 unspecified atom stereocenters. The summed E-state index contributed by atoms with van der Waals surface area (Å²) < 4.78 is 5.39.